The van der Waals surface area contributed by atoms with Crippen LogP contribution in [0.4, 0.5) is 0 Å². The quantitative estimate of drug-likeness (QED) is 0.323. The number of carbonyl (C=O) groups is 2. The number of fused-ring (bicyclic) bond motifs is 4. The highest BCUT2D eigenvalue weighted by Crippen LogP contribution is 2.67. The minimum Gasteiger partial charge on any atom is -0.416 e. The largest absolute Gasteiger partial charge is 0.416 e. The lowest BCUT2D eigenvalue weighted by Crippen LogP contribution is -2.68. The first kappa shape index (κ1) is 30.6. The third-order valence-corrected chi connectivity index (χ3v) is 21.3. The van der Waals surface area contributed by atoms with Gasteiger partial charge >= 0.3 is 0 Å². The first-order chi connectivity index (χ1) is 17.0. The van der Waals surface area contributed by atoms with Gasteiger partial charge in [-0.2, -0.15) is 0 Å². The fourth-order valence-corrected chi connectivity index (χ4v) is 10.3. The van der Waals surface area contributed by atoms with Crippen molar-refractivity contribution in [2.45, 2.75) is 148 Å². The maximum atomic E-state index is 15.0. The second-order valence-corrected chi connectivity index (χ2v) is 26.5. The molecule has 7 atom stereocenters. The van der Waals surface area contributed by atoms with Crippen molar-refractivity contribution in [3.63, 3.8) is 0 Å². The van der Waals surface area contributed by atoms with Crippen LogP contribution in [-0.2, 0) is 23.2 Å². The van der Waals surface area contributed by atoms with Gasteiger partial charge in [-0.3, -0.25) is 9.59 Å². The van der Waals surface area contributed by atoms with E-state index in [1.165, 1.54) is 0 Å². The minimum absolute atomic E-state index is 0.0244. The highest BCUT2D eigenvalue weighted by atomic mass is 28.4. The lowest BCUT2D eigenvalue weighted by Gasteiger charge is -2.58. The van der Waals surface area contributed by atoms with Crippen LogP contribution in [0, 0.1) is 28.6 Å². The molecule has 0 amide bonds. The van der Waals surface area contributed by atoms with E-state index in [9.17, 15) is 4.79 Å². The molecule has 2 aliphatic heterocycles. The van der Waals surface area contributed by atoms with E-state index in [0.717, 1.165) is 12.8 Å². The number of ketones is 2. The van der Waals surface area contributed by atoms with Crippen molar-refractivity contribution in [1.29, 1.82) is 0 Å². The molecule has 4 fully saturated rings. The molecule has 2 saturated heterocycles. The zero-order chi connectivity index (χ0) is 28.9. The van der Waals surface area contributed by atoms with Gasteiger partial charge in [0.2, 0.25) is 0 Å². The molecule has 0 aromatic carbocycles. The summed E-state index contributed by atoms with van der Waals surface area (Å²) < 4.78 is 21.2. The molecule has 0 N–H and O–H groups in total. The molecule has 1 spiro atoms. The lowest BCUT2D eigenvalue weighted by molar-refractivity contribution is -0.193. The summed E-state index contributed by atoms with van der Waals surface area (Å²) >= 11 is 0. The molecule has 4 rings (SSSR count). The zero-order valence-electron chi connectivity index (χ0n) is 26.7. The summed E-state index contributed by atoms with van der Waals surface area (Å²) in [5, 5.41) is 0.164. The standard InChI is InChI=1S/C31H56O5Si2/c1-27(2,3)37(10,11)34-19-20-14-17-24(36-38(12,13)28(4,5)6)30(9)18-23-25-22(32)16-15-21(29(25,7)8)26(33)31(20,30)35-23/h20-21,23-25H,14-19H2,1-13H3/t20-,21+,23-,24+,25-,30-,31-/m1/s1. The van der Waals surface area contributed by atoms with Gasteiger partial charge in [0.05, 0.1) is 12.2 Å². The molecular weight excluding hydrogens is 509 g/mol. The molecule has 0 unspecified atom stereocenters. The lowest BCUT2D eigenvalue weighted by atomic mass is 9.48. The van der Waals surface area contributed by atoms with Crippen molar-refractivity contribution in [3.05, 3.63) is 0 Å². The van der Waals surface area contributed by atoms with E-state index in [2.05, 4.69) is 88.5 Å². The van der Waals surface area contributed by atoms with E-state index in [-0.39, 0.29) is 57.0 Å². The van der Waals surface area contributed by atoms with Gasteiger partial charge in [-0.05, 0) is 67.4 Å². The summed E-state index contributed by atoms with van der Waals surface area (Å²) in [5.41, 5.74) is -1.83. The van der Waals surface area contributed by atoms with Crippen LogP contribution < -0.4 is 0 Å². The summed E-state index contributed by atoms with van der Waals surface area (Å²) in [6, 6.07) is 0. The predicted molar refractivity (Wildman–Crippen MR) is 158 cm³/mol. The van der Waals surface area contributed by atoms with E-state index in [1.807, 2.05) is 0 Å². The van der Waals surface area contributed by atoms with Crippen LogP contribution >= 0.6 is 0 Å². The van der Waals surface area contributed by atoms with Crippen LogP contribution in [0.5, 0.6) is 0 Å². The molecule has 2 heterocycles. The number of hydrogen-bond acceptors (Lipinski definition) is 5. The smallest absolute Gasteiger partial charge is 0.192 e. The summed E-state index contributed by atoms with van der Waals surface area (Å²) in [6.45, 7) is 29.9. The molecule has 4 bridgehead atoms. The summed E-state index contributed by atoms with van der Waals surface area (Å²) in [4.78, 5) is 28.4. The SMILES string of the molecule is CC1(C)[C@@H]2C(=O)CC[C@H]1C(=O)[C@@]13O[C@@H]2C[C@]1(C)[C@@H](O[Si](C)(C)C(C)(C)C)CC[C@@H]3CO[Si](C)(C)C(C)(C)C. The van der Waals surface area contributed by atoms with E-state index in [1.54, 1.807) is 0 Å². The van der Waals surface area contributed by atoms with Crippen molar-refractivity contribution in [2.75, 3.05) is 6.61 Å². The second-order valence-electron chi connectivity index (χ2n) is 16.9. The Morgan fingerprint density at radius 3 is 2.03 bits per heavy atom. The first-order valence-corrected chi connectivity index (χ1v) is 20.9. The Bertz CT molecular complexity index is 974. The van der Waals surface area contributed by atoms with Crippen molar-refractivity contribution in [1.82, 2.24) is 0 Å². The van der Waals surface area contributed by atoms with Crippen LogP contribution in [0.25, 0.3) is 0 Å². The van der Waals surface area contributed by atoms with Crippen LogP contribution in [0.15, 0.2) is 0 Å². The average molecular weight is 565 g/mol. The molecule has 0 aromatic heterocycles. The van der Waals surface area contributed by atoms with Crippen molar-refractivity contribution in [3.8, 4) is 0 Å². The molecule has 4 aliphatic rings. The number of carbonyl (C=O) groups excluding carboxylic acids is 2. The van der Waals surface area contributed by atoms with E-state index in [0.29, 0.717) is 25.9 Å². The average Bonchev–Trinajstić information content (AvgIpc) is 3.04. The fourth-order valence-electron chi connectivity index (χ4n) is 7.83. The summed E-state index contributed by atoms with van der Waals surface area (Å²) in [5.74, 6) is 0.0806. The maximum Gasteiger partial charge on any atom is 0.192 e. The Morgan fingerprint density at radius 2 is 1.47 bits per heavy atom. The van der Waals surface area contributed by atoms with Gasteiger partial charge in [0.25, 0.3) is 0 Å². The molecule has 0 radical (unpaired) electrons. The topological polar surface area (TPSA) is 61.8 Å². The van der Waals surface area contributed by atoms with Crippen LogP contribution in [0.3, 0.4) is 0 Å². The molecule has 7 heteroatoms. The Kier molecular flexibility index (Phi) is 7.31. The van der Waals surface area contributed by atoms with Gasteiger partial charge in [-0.1, -0.05) is 62.3 Å². The van der Waals surface area contributed by atoms with Crippen molar-refractivity contribution < 1.29 is 23.2 Å². The molecule has 5 nitrogen and oxygen atoms in total. The van der Waals surface area contributed by atoms with Crippen molar-refractivity contribution in [2.24, 2.45) is 28.6 Å². The van der Waals surface area contributed by atoms with E-state index >= 15 is 4.79 Å². The Hall–Kier alpha value is -0.346. The minimum atomic E-state index is -2.10. The van der Waals surface area contributed by atoms with Crippen LogP contribution in [0.2, 0.25) is 36.3 Å². The van der Waals surface area contributed by atoms with Gasteiger partial charge in [0.15, 0.2) is 22.4 Å². The number of rotatable bonds is 5. The summed E-state index contributed by atoms with van der Waals surface area (Å²) in [6.07, 6.45) is 3.31. The molecule has 0 aromatic rings. The van der Waals surface area contributed by atoms with E-state index in [4.69, 9.17) is 13.6 Å². The van der Waals surface area contributed by atoms with Gasteiger partial charge < -0.3 is 13.6 Å². The molecule has 38 heavy (non-hydrogen) atoms. The normalized spacial score (nSPS) is 39.7. The van der Waals surface area contributed by atoms with Crippen molar-refractivity contribution >= 4 is 28.2 Å². The van der Waals surface area contributed by atoms with Crippen LogP contribution in [-0.4, -0.2) is 52.6 Å². The Labute approximate surface area is 234 Å². The maximum absolute atomic E-state index is 15.0. The van der Waals surface area contributed by atoms with E-state index < -0.39 is 27.7 Å². The second kappa shape index (κ2) is 9.08. The zero-order valence-corrected chi connectivity index (χ0v) is 28.7. The molecule has 2 saturated carbocycles. The van der Waals surface area contributed by atoms with Gasteiger partial charge in [0, 0.05) is 36.2 Å². The highest BCUT2D eigenvalue weighted by molar-refractivity contribution is 6.74. The molecular formula is C31H56O5Si2. The van der Waals surface area contributed by atoms with Gasteiger partial charge in [-0.25, -0.2) is 0 Å². The predicted octanol–water partition coefficient (Wildman–Crippen LogP) is 7.55. The molecule has 2 aliphatic carbocycles. The Balaban J connectivity index is 1.82. The third-order valence-electron chi connectivity index (χ3n) is 12.3. The Morgan fingerprint density at radius 1 is 0.895 bits per heavy atom. The first-order valence-electron chi connectivity index (χ1n) is 15.1. The number of Topliss-reactive ketones (excluding diaryl/α,β-unsaturated/α-hetero) is 2. The molecule has 218 valence electrons. The number of ether oxygens (including phenoxy) is 1. The third kappa shape index (κ3) is 4.31. The highest BCUT2D eigenvalue weighted by Gasteiger charge is 2.75. The summed E-state index contributed by atoms with van der Waals surface area (Å²) in [7, 11) is -4.13. The monoisotopic (exact) mass is 564 g/mol. The van der Waals surface area contributed by atoms with Crippen LogP contribution in [0.1, 0.15) is 94.4 Å². The van der Waals surface area contributed by atoms with Gasteiger partial charge in [0.1, 0.15) is 11.4 Å². The fraction of sp³-hybridized carbons (Fsp3) is 0.935. The number of hydrogen-bond donors (Lipinski definition) is 0. The van der Waals surface area contributed by atoms with Gasteiger partial charge in [-0.15, -0.1) is 0 Å².